The lowest BCUT2D eigenvalue weighted by Crippen LogP contribution is -2.44. The summed E-state index contributed by atoms with van der Waals surface area (Å²) in [6.07, 6.45) is 5.30. The van der Waals surface area contributed by atoms with E-state index in [9.17, 15) is 4.79 Å². The van der Waals surface area contributed by atoms with Crippen molar-refractivity contribution < 1.29 is 9.53 Å². The lowest BCUT2D eigenvalue weighted by atomic mass is 9.96. The number of aromatic nitrogens is 3. The molecule has 168 valence electrons. The second kappa shape index (κ2) is 9.37. The number of halogens is 2. The highest BCUT2D eigenvalue weighted by molar-refractivity contribution is 9.10. The number of nitrogens with zero attached hydrogens (tertiary/aromatic N) is 4. The van der Waals surface area contributed by atoms with Crippen LogP contribution >= 0.6 is 27.5 Å². The molecule has 0 aliphatic carbocycles. The Morgan fingerprint density at radius 1 is 1.25 bits per heavy atom. The molecule has 0 spiro atoms. The van der Waals surface area contributed by atoms with Gasteiger partial charge in [-0.1, -0.05) is 29.8 Å². The molecule has 0 radical (unpaired) electrons. The summed E-state index contributed by atoms with van der Waals surface area (Å²) in [7, 11) is 0. The van der Waals surface area contributed by atoms with Gasteiger partial charge in [-0.15, -0.1) is 0 Å². The maximum absolute atomic E-state index is 12.6. The first-order chi connectivity index (χ1) is 15.6. The number of piperidine rings is 1. The zero-order chi connectivity index (χ0) is 22.1. The first-order valence-corrected chi connectivity index (χ1v) is 12.2. The highest BCUT2D eigenvalue weighted by Gasteiger charge is 2.30. The number of carbonyl (C=O) groups is 1. The van der Waals surface area contributed by atoms with E-state index >= 15 is 0 Å². The van der Waals surface area contributed by atoms with Gasteiger partial charge in [0.05, 0.1) is 16.4 Å². The van der Waals surface area contributed by atoms with Crippen LogP contribution in [-0.2, 0) is 9.53 Å². The van der Waals surface area contributed by atoms with Crippen LogP contribution in [-0.4, -0.2) is 57.8 Å². The molecule has 1 aromatic carbocycles. The van der Waals surface area contributed by atoms with Crippen molar-refractivity contribution >= 4 is 44.9 Å². The van der Waals surface area contributed by atoms with E-state index in [-0.39, 0.29) is 12.0 Å². The molecule has 2 aliphatic heterocycles. The Morgan fingerprint density at radius 2 is 2.06 bits per heavy atom. The molecule has 32 heavy (non-hydrogen) atoms. The summed E-state index contributed by atoms with van der Waals surface area (Å²) < 4.78 is 8.20. The highest BCUT2D eigenvalue weighted by Crippen LogP contribution is 2.30. The van der Waals surface area contributed by atoms with Crippen molar-refractivity contribution in [1.82, 2.24) is 19.5 Å². The number of nitrogens with one attached hydrogen (secondary N) is 1. The van der Waals surface area contributed by atoms with Gasteiger partial charge in [-0.25, -0.2) is 4.98 Å². The van der Waals surface area contributed by atoms with Gasteiger partial charge in [0.1, 0.15) is 11.9 Å². The monoisotopic (exact) mass is 517 g/mol. The Hall–Kier alpha value is -2.16. The van der Waals surface area contributed by atoms with Gasteiger partial charge in [0.15, 0.2) is 5.65 Å². The number of rotatable bonds is 5. The van der Waals surface area contributed by atoms with Crippen LogP contribution in [0.15, 0.2) is 41.0 Å². The Labute approximate surface area is 200 Å². The van der Waals surface area contributed by atoms with E-state index in [1.165, 1.54) is 0 Å². The summed E-state index contributed by atoms with van der Waals surface area (Å²) in [5.41, 5.74) is 2.42. The summed E-state index contributed by atoms with van der Waals surface area (Å²) in [5.74, 6) is 1.51. The number of carbonyl (C=O) groups excluding carboxylic acids is 1. The van der Waals surface area contributed by atoms with E-state index in [4.69, 9.17) is 21.3 Å². The normalized spacial score (nSPS) is 19.6. The highest BCUT2D eigenvalue weighted by atomic mass is 79.9. The molecule has 0 saturated carbocycles. The summed E-state index contributed by atoms with van der Waals surface area (Å²) in [6, 6.07) is 9.69. The van der Waals surface area contributed by atoms with Gasteiger partial charge >= 0.3 is 0 Å². The van der Waals surface area contributed by atoms with Crippen molar-refractivity contribution in [2.24, 2.45) is 5.92 Å². The number of likely N-dealkylation sites (tertiary alicyclic amines) is 1. The fraction of sp³-hybridized carbons (Fsp3) is 0.435. The minimum absolute atomic E-state index is 0.163. The predicted molar refractivity (Wildman–Crippen MR) is 128 cm³/mol. The van der Waals surface area contributed by atoms with E-state index in [2.05, 4.69) is 26.3 Å². The van der Waals surface area contributed by atoms with Crippen molar-refractivity contribution in [3.05, 3.63) is 46.0 Å². The molecule has 1 atom stereocenters. The van der Waals surface area contributed by atoms with Crippen molar-refractivity contribution in [2.45, 2.75) is 31.8 Å². The minimum atomic E-state index is -0.226. The molecule has 2 aromatic heterocycles. The lowest BCUT2D eigenvalue weighted by molar-refractivity contribution is -0.142. The number of anilines is 1. The van der Waals surface area contributed by atoms with Crippen LogP contribution in [0.5, 0.6) is 0 Å². The summed E-state index contributed by atoms with van der Waals surface area (Å²) >= 11 is 9.97. The fourth-order valence-electron chi connectivity index (χ4n) is 4.45. The van der Waals surface area contributed by atoms with Gasteiger partial charge in [-0.05, 0) is 53.6 Å². The van der Waals surface area contributed by atoms with Crippen LogP contribution in [0.3, 0.4) is 0 Å². The zero-order valence-electron chi connectivity index (χ0n) is 17.6. The Morgan fingerprint density at radius 3 is 2.81 bits per heavy atom. The number of amides is 1. The molecular formula is C23H25BrClN5O2. The van der Waals surface area contributed by atoms with E-state index in [0.717, 1.165) is 72.5 Å². The molecule has 3 aromatic rings. The third-order valence-electron chi connectivity index (χ3n) is 6.28. The third-order valence-corrected chi connectivity index (χ3v) is 7.17. The molecule has 5 rings (SSSR count). The van der Waals surface area contributed by atoms with Crippen LogP contribution in [0.25, 0.3) is 16.9 Å². The zero-order valence-corrected chi connectivity index (χ0v) is 20.0. The summed E-state index contributed by atoms with van der Waals surface area (Å²) in [4.78, 5) is 19.3. The van der Waals surface area contributed by atoms with Gasteiger partial charge in [-0.2, -0.15) is 9.61 Å². The summed E-state index contributed by atoms with van der Waals surface area (Å²) in [5, 5.41) is 8.69. The molecule has 2 saturated heterocycles. The minimum Gasteiger partial charge on any atom is -0.370 e. The van der Waals surface area contributed by atoms with Gasteiger partial charge in [0, 0.05) is 42.9 Å². The Balaban J connectivity index is 1.28. The number of fused-ring (bicyclic) bond motifs is 1. The lowest BCUT2D eigenvalue weighted by Gasteiger charge is -2.33. The smallest absolute Gasteiger partial charge is 0.251 e. The quantitative estimate of drug-likeness (QED) is 0.533. The van der Waals surface area contributed by atoms with Gasteiger partial charge in [-0.3, -0.25) is 4.79 Å². The fourth-order valence-corrected chi connectivity index (χ4v) is 5.03. The van der Waals surface area contributed by atoms with Crippen LogP contribution in [0.2, 0.25) is 5.02 Å². The van der Waals surface area contributed by atoms with Gasteiger partial charge in [0.2, 0.25) is 0 Å². The Bertz CT molecular complexity index is 1120. The van der Waals surface area contributed by atoms with Crippen molar-refractivity contribution in [2.75, 3.05) is 31.6 Å². The maximum Gasteiger partial charge on any atom is 0.251 e. The van der Waals surface area contributed by atoms with E-state index in [0.29, 0.717) is 17.5 Å². The third kappa shape index (κ3) is 4.36. The SMILES string of the molecule is O=C(C1CCCO1)N1CCC(CNc2cc(-c3ccccc3Cl)nc3c(Br)cnn23)CC1. The second-order valence-corrected chi connectivity index (χ2v) is 9.65. The molecule has 2 fully saturated rings. The average Bonchev–Trinajstić information content (AvgIpc) is 3.48. The predicted octanol–water partition coefficient (Wildman–Crippen LogP) is 4.64. The van der Waals surface area contributed by atoms with Crippen LogP contribution < -0.4 is 5.32 Å². The molecule has 1 amide bonds. The number of hydrogen-bond donors (Lipinski definition) is 1. The molecule has 7 nitrogen and oxygen atoms in total. The van der Waals surface area contributed by atoms with Gasteiger partial charge < -0.3 is 15.0 Å². The molecule has 1 N–H and O–H groups in total. The first kappa shape index (κ1) is 21.7. The largest absolute Gasteiger partial charge is 0.370 e. The maximum atomic E-state index is 12.6. The number of benzene rings is 1. The molecule has 0 bridgehead atoms. The van der Waals surface area contributed by atoms with E-state index in [1.54, 1.807) is 10.7 Å². The van der Waals surface area contributed by atoms with E-state index < -0.39 is 0 Å². The molecule has 9 heteroatoms. The number of ether oxygens (including phenoxy) is 1. The molecular weight excluding hydrogens is 494 g/mol. The number of hydrogen-bond acceptors (Lipinski definition) is 5. The van der Waals surface area contributed by atoms with Crippen molar-refractivity contribution in [3.8, 4) is 11.3 Å². The van der Waals surface area contributed by atoms with Crippen molar-refractivity contribution in [1.29, 1.82) is 0 Å². The standard InChI is InChI=1S/C23H25BrClN5O2/c24-17-14-27-30-21(12-19(28-22(17)30)16-4-1-2-5-18(16)25)26-13-15-7-9-29(10-8-15)23(31)20-6-3-11-32-20/h1-2,4-5,12,14-15,20,26H,3,6-11,13H2. The Kier molecular flexibility index (Phi) is 6.35. The molecule has 2 aliphatic rings. The summed E-state index contributed by atoms with van der Waals surface area (Å²) in [6.45, 7) is 3.08. The van der Waals surface area contributed by atoms with Crippen LogP contribution in [0.4, 0.5) is 5.82 Å². The van der Waals surface area contributed by atoms with Crippen LogP contribution in [0, 0.1) is 5.92 Å². The molecule has 4 heterocycles. The van der Waals surface area contributed by atoms with Crippen LogP contribution in [0.1, 0.15) is 25.7 Å². The van der Waals surface area contributed by atoms with Gasteiger partial charge in [0.25, 0.3) is 5.91 Å². The topological polar surface area (TPSA) is 71.8 Å². The molecule has 1 unspecified atom stereocenters. The second-order valence-electron chi connectivity index (χ2n) is 8.39. The van der Waals surface area contributed by atoms with E-state index in [1.807, 2.05) is 35.2 Å². The first-order valence-electron chi connectivity index (χ1n) is 11.0. The van der Waals surface area contributed by atoms with Crippen molar-refractivity contribution in [3.63, 3.8) is 0 Å². The average molecular weight is 519 g/mol.